The smallest absolute Gasteiger partial charge is 0.214 e. The summed E-state index contributed by atoms with van der Waals surface area (Å²) in [6, 6.07) is -0.142. The van der Waals surface area contributed by atoms with Crippen molar-refractivity contribution in [2.24, 2.45) is 5.73 Å². The minimum absolute atomic E-state index is 0.00667. The highest BCUT2D eigenvalue weighted by Crippen LogP contribution is 2.17. The van der Waals surface area contributed by atoms with Gasteiger partial charge in [-0.15, -0.1) is 0 Å². The van der Waals surface area contributed by atoms with Crippen LogP contribution >= 0.6 is 0 Å². The van der Waals surface area contributed by atoms with Gasteiger partial charge in [0.2, 0.25) is 10.0 Å². The highest BCUT2D eigenvalue weighted by Gasteiger charge is 2.25. The van der Waals surface area contributed by atoms with Crippen LogP contribution in [0.5, 0.6) is 0 Å². The van der Waals surface area contributed by atoms with Crippen LogP contribution < -0.4 is 10.5 Å². The zero-order chi connectivity index (χ0) is 11.3. The number of methoxy groups -OCH3 is 1. The Hall–Kier alpha value is -0.170. The van der Waals surface area contributed by atoms with Crippen LogP contribution in [0.2, 0.25) is 0 Å². The van der Waals surface area contributed by atoms with Crippen LogP contribution in [0.15, 0.2) is 0 Å². The van der Waals surface area contributed by atoms with Crippen molar-refractivity contribution in [2.75, 3.05) is 19.5 Å². The Kier molecular flexibility index (Phi) is 4.98. The first kappa shape index (κ1) is 12.9. The monoisotopic (exact) mass is 236 g/mol. The second-order valence-electron chi connectivity index (χ2n) is 3.98. The van der Waals surface area contributed by atoms with Crippen LogP contribution in [0, 0.1) is 0 Å². The lowest BCUT2D eigenvalue weighted by Gasteiger charge is -2.28. The fourth-order valence-corrected chi connectivity index (χ4v) is 3.05. The lowest BCUT2D eigenvalue weighted by Crippen LogP contribution is -2.50. The van der Waals surface area contributed by atoms with Gasteiger partial charge in [0.1, 0.15) is 0 Å². The summed E-state index contributed by atoms with van der Waals surface area (Å²) in [6.07, 6.45) is 3.88. The average molecular weight is 236 g/mol. The Labute approximate surface area is 91.4 Å². The maximum absolute atomic E-state index is 11.6. The zero-order valence-corrected chi connectivity index (χ0v) is 9.92. The number of nitrogens with one attached hydrogen (secondary N) is 1. The third-order valence-electron chi connectivity index (χ3n) is 2.71. The summed E-state index contributed by atoms with van der Waals surface area (Å²) in [7, 11) is -1.74. The van der Waals surface area contributed by atoms with Gasteiger partial charge in [-0.2, -0.15) is 0 Å². The van der Waals surface area contributed by atoms with Gasteiger partial charge >= 0.3 is 0 Å². The molecular formula is C9H20N2O3S. The van der Waals surface area contributed by atoms with Gasteiger partial charge in [-0.1, -0.05) is 12.8 Å². The Morgan fingerprint density at radius 3 is 2.67 bits per heavy atom. The number of sulfonamides is 1. The maximum Gasteiger partial charge on any atom is 0.214 e. The summed E-state index contributed by atoms with van der Waals surface area (Å²) in [6.45, 7) is 0.220. The molecule has 3 N–H and O–H groups in total. The van der Waals surface area contributed by atoms with Crippen molar-refractivity contribution in [1.29, 1.82) is 0 Å². The van der Waals surface area contributed by atoms with Gasteiger partial charge < -0.3 is 10.5 Å². The van der Waals surface area contributed by atoms with E-state index < -0.39 is 10.0 Å². The molecule has 0 aromatic heterocycles. The van der Waals surface area contributed by atoms with Crippen LogP contribution in [0.4, 0.5) is 0 Å². The topological polar surface area (TPSA) is 81.4 Å². The SMILES string of the molecule is COCCS(=O)(=O)NC1CCCCC1N. The van der Waals surface area contributed by atoms with Gasteiger partial charge in [0.05, 0.1) is 12.4 Å². The number of nitrogens with two attached hydrogens (primary N) is 1. The van der Waals surface area contributed by atoms with E-state index in [-0.39, 0.29) is 24.4 Å². The first-order valence-electron chi connectivity index (χ1n) is 5.29. The Bertz CT molecular complexity index is 279. The van der Waals surface area contributed by atoms with Gasteiger partial charge in [0, 0.05) is 19.2 Å². The summed E-state index contributed by atoms with van der Waals surface area (Å²) < 4.78 is 30.5. The molecule has 1 aliphatic rings. The van der Waals surface area contributed by atoms with Crippen LogP contribution in [-0.4, -0.2) is 40.0 Å². The summed E-state index contributed by atoms with van der Waals surface area (Å²) in [5.41, 5.74) is 5.86. The second-order valence-corrected chi connectivity index (χ2v) is 5.86. The fraction of sp³-hybridized carbons (Fsp3) is 1.00. The number of hydrogen-bond acceptors (Lipinski definition) is 4. The molecular weight excluding hydrogens is 216 g/mol. The molecule has 90 valence electrons. The molecule has 0 radical (unpaired) electrons. The number of ether oxygens (including phenoxy) is 1. The molecule has 0 saturated heterocycles. The van der Waals surface area contributed by atoms with Crippen molar-refractivity contribution < 1.29 is 13.2 Å². The van der Waals surface area contributed by atoms with E-state index in [9.17, 15) is 8.42 Å². The van der Waals surface area contributed by atoms with Crippen molar-refractivity contribution in [3.8, 4) is 0 Å². The molecule has 1 saturated carbocycles. The van der Waals surface area contributed by atoms with Crippen molar-refractivity contribution in [2.45, 2.75) is 37.8 Å². The largest absolute Gasteiger partial charge is 0.384 e. The van der Waals surface area contributed by atoms with E-state index >= 15 is 0 Å². The van der Waals surface area contributed by atoms with Crippen LogP contribution in [0.25, 0.3) is 0 Å². The van der Waals surface area contributed by atoms with E-state index in [0.717, 1.165) is 25.7 Å². The minimum Gasteiger partial charge on any atom is -0.384 e. The van der Waals surface area contributed by atoms with E-state index in [4.69, 9.17) is 10.5 Å². The third kappa shape index (κ3) is 4.46. The molecule has 5 nitrogen and oxygen atoms in total. The fourth-order valence-electron chi connectivity index (χ4n) is 1.79. The highest BCUT2D eigenvalue weighted by atomic mass is 32.2. The highest BCUT2D eigenvalue weighted by molar-refractivity contribution is 7.89. The zero-order valence-electron chi connectivity index (χ0n) is 9.11. The number of rotatable bonds is 5. The van der Waals surface area contributed by atoms with Crippen LogP contribution in [-0.2, 0) is 14.8 Å². The molecule has 0 spiro atoms. The van der Waals surface area contributed by atoms with Gasteiger partial charge in [-0.3, -0.25) is 0 Å². The molecule has 2 atom stereocenters. The molecule has 0 aliphatic heterocycles. The van der Waals surface area contributed by atoms with Crippen molar-refractivity contribution in [3.05, 3.63) is 0 Å². The summed E-state index contributed by atoms with van der Waals surface area (Å²) in [5.74, 6) is 0.00667. The molecule has 1 fully saturated rings. The molecule has 0 aromatic carbocycles. The Balaban J connectivity index is 2.44. The molecule has 1 rings (SSSR count). The molecule has 15 heavy (non-hydrogen) atoms. The van der Waals surface area contributed by atoms with E-state index in [1.807, 2.05) is 0 Å². The first-order chi connectivity index (χ1) is 7.05. The minimum atomic E-state index is -3.23. The molecule has 0 bridgehead atoms. The predicted octanol–water partition coefficient (Wildman–Crippen LogP) is -0.178. The van der Waals surface area contributed by atoms with Crippen LogP contribution in [0.3, 0.4) is 0 Å². The average Bonchev–Trinajstić information content (AvgIpc) is 2.18. The Morgan fingerprint density at radius 1 is 1.40 bits per heavy atom. The predicted molar refractivity (Wildman–Crippen MR) is 59.0 cm³/mol. The quantitative estimate of drug-likeness (QED) is 0.694. The van der Waals surface area contributed by atoms with E-state index in [1.54, 1.807) is 0 Å². The molecule has 1 aliphatic carbocycles. The van der Waals surface area contributed by atoms with Gasteiger partial charge in [0.25, 0.3) is 0 Å². The summed E-state index contributed by atoms with van der Waals surface area (Å²) >= 11 is 0. The van der Waals surface area contributed by atoms with Gasteiger partial charge in [-0.05, 0) is 12.8 Å². The second kappa shape index (κ2) is 5.79. The first-order valence-corrected chi connectivity index (χ1v) is 6.95. The molecule has 0 aromatic rings. The normalized spacial score (nSPS) is 27.9. The Morgan fingerprint density at radius 2 is 2.07 bits per heavy atom. The summed E-state index contributed by atoms with van der Waals surface area (Å²) in [4.78, 5) is 0. The van der Waals surface area contributed by atoms with E-state index in [1.165, 1.54) is 7.11 Å². The van der Waals surface area contributed by atoms with Crippen molar-refractivity contribution >= 4 is 10.0 Å². The standard InChI is InChI=1S/C9H20N2O3S/c1-14-6-7-15(12,13)11-9-5-3-2-4-8(9)10/h8-9,11H,2-7,10H2,1H3. The van der Waals surface area contributed by atoms with Crippen LogP contribution in [0.1, 0.15) is 25.7 Å². The molecule has 0 heterocycles. The van der Waals surface area contributed by atoms with Gasteiger partial charge in [-0.25, -0.2) is 13.1 Å². The molecule has 6 heteroatoms. The third-order valence-corrected chi connectivity index (χ3v) is 4.07. The number of hydrogen-bond donors (Lipinski definition) is 2. The van der Waals surface area contributed by atoms with E-state index in [2.05, 4.69) is 4.72 Å². The molecule has 0 amide bonds. The summed E-state index contributed by atoms with van der Waals surface area (Å²) in [5, 5.41) is 0. The molecule has 2 unspecified atom stereocenters. The van der Waals surface area contributed by atoms with Crippen molar-refractivity contribution in [1.82, 2.24) is 4.72 Å². The van der Waals surface area contributed by atoms with E-state index in [0.29, 0.717) is 0 Å². The lowest BCUT2D eigenvalue weighted by atomic mass is 9.92. The van der Waals surface area contributed by atoms with Crippen molar-refractivity contribution in [3.63, 3.8) is 0 Å². The maximum atomic E-state index is 11.6. The van der Waals surface area contributed by atoms with Gasteiger partial charge in [0.15, 0.2) is 0 Å². The lowest BCUT2D eigenvalue weighted by molar-refractivity contribution is 0.216.